The Labute approximate surface area is 170 Å². The van der Waals surface area contributed by atoms with Crippen molar-refractivity contribution >= 4 is 11.6 Å². The van der Waals surface area contributed by atoms with Crippen LogP contribution < -0.4 is 0 Å². The molecule has 0 aliphatic carbocycles. The lowest BCUT2D eigenvalue weighted by molar-refractivity contribution is -0.132. The van der Waals surface area contributed by atoms with Gasteiger partial charge in [-0.25, -0.2) is 4.68 Å². The monoisotopic (exact) mass is 396 g/mol. The van der Waals surface area contributed by atoms with Crippen molar-refractivity contribution in [2.24, 2.45) is 0 Å². The summed E-state index contributed by atoms with van der Waals surface area (Å²) in [7, 11) is 0. The Bertz CT molecular complexity index is 999. The van der Waals surface area contributed by atoms with Gasteiger partial charge >= 0.3 is 0 Å². The molecule has 0 N–H and O–H groups in total. The van der Waals surface area contributed by atoms with E-state index in [0.717, 1.165) is 56.1 Å². The van der Waals surface area contributed by atoms with Crippen LogP contribution in [0.2, 0.25) is 0 Å². The Morgan fingerprint density at radius 1 is 1.10 bits per heavy atom. The third-order valence-electron chi connectivity index (χ3n) is 5.66. The van der Waals surface area contributed by atoms with Crippen LogP contribution in [0.15, 0.2) is 18.5 Å². The second-order valence-electron chi connectivity index (χ2n) is 7.61. The summed E-state index contributed by atoms with van der Waals surface area (Å²) in [6.45, 7) is 11.0. The van der Waals surface area contributed by atoms with Crippen molar-refractivity contribution in [2.45, 2.75) is 40.0 Å². The Balaban J connectivity index is 1.42. The van der Waals surface area contributed by atoms with Gasteiger partial charge in [-0.05, 0) is 50.9 Å². The summed E-state index contributed by atoms with van der Waals surface area (Å²) < 4.78 is 3.46. The van der Waals surface area contributed by atoms with E-state index in [4.69, 9.17) is 0 Å². The molecular formula is C20H28N8O. The largest absolute Gasteiger partial charge is 0.340 e. The highest BCUT2D eigenvalue weighted by Crippen LogP contribution is 2.19. The van der Waals surface area contributed by atoms with E-state index in [-0.39, 0.29) is 5.91 Å². The molecule has 1 fully saturated rings. The molecule has 0 aromatic carbocycles. The number of rotatable bonds is 6. The first-order chi connectivity index (χ1) is 14.1. The predicted octanol–water partition coefficient (Wildman–Crippen LogP) is 1.41. The number of hydrogen-bond acceptors (Lipinski definition) is 6. The lowest BCUT2D eigenvalue weighted by Gasteiger charge is -2.34. The van der Waals surface area contributed by atoms with E-state index in [1.165, 1.54) is 0 Å². The van der Waals surface area contributed by atoms with Gasteiger partial charge in [0.1, 0.15) is 6.33 Å². The minimum atomic E-state index is 0.233. The number of aromatic nitrogens is 6. The minimum absolute atomic E-state index is 0.233. The summed E-state index contributed by atoms with van der Waals surface area (Å²) in [5.74, 6) is 0.944. The van der Waals surface area contributed by atoms with Crippen molar-refractivity contribution in [3.8, 4) is 5.82 Å². The quantitative estimate of drug-likeness (QED) is 0.626. The molecule has 0 spiro atoms. The first kappa shape index (κ1) is 19.5. The maximum absolute atomic E-state index is 12.7. The number of carbonyl (C=O) groups excluding carboxylic acids is 1. The van der Waals surface area contributed by atoms with Gasteiger partial charge < -0.3 is 4.90 Å². The zero-order valence-corrected chi connectivity index (χ0v) is 17.4. The molecule has 0 bridgehead atoms. The molecule has 0 atom stereocenters. The third-order valence-corrected chi connectivity index (χ3v) is 5.66. The van der Waals surface area contributed by atoms with Crippen LogP contribution in [0.1, 0.15) is 36.7 Å². The molecule has 9 heteroatoms. The number of fused-ring (bicyclic) bond motifs is 1. The van der Waals surface area contributed by atoms with E-state index >= 15 is 0 Å². The molecule has 0 saturated carbocycles. The van der Waals surface area contributed by atoms with Crippen molar-refractivity contribution < 1.29 is 4.79 Å². The Kier molecular flexibility index (Phi) is 5.57. The number of nitrogens with zero attached hydrogens (tertiary/aromatic N) is 8. The molecule has 1 aliphatic rings. The maximum atomic E-state index is 12.7. The van der Waals surface area contributed by atoms with E-state index in [1.807, 2.05) is 35.6 Å². The number of piperazine rings is 1. The van der Waals surface area contributed by atoms with Crippen molar-refractivity contribution in [1.29, 1.82) is 0 Å². The van der Waals surface area contributed by atoms with Crippen molar-refractivity contribution in [2.75, 3.05) is 32.7 Å². The Morgan fingerprint density at radius 2 is 1.90 bits per heavy atom. The van der Waals surface area contributed by atoms with Crippen LogP contribution in [-0.4, -0.2) is 78.0 Å². The fourth-order valence-electron chi connectivity index (χ4n) is 4.02. The Morgan fingerprint density at radius 3 is 2.66 bits per heavy atom. The highest BCUT2D eigenvalue weighted by atomic mass is 16.2. The van der Waals surface area contributed by atoms with Crippen molar-refractivity contribution in [3.63, 3.8) is 0 Å². The average molecular weight is 396 g/mol. The van der Waals surface area contributed by atoms with Crippen molar-refractivity contribution in [1.82, 2.24) is 39.4 Å². The summed E-state index contributed by atoms with van der Waals surface area (Å²) in [4.78, 5) is 17.1. The predicted molar refractivity (Wildman–Crippen MR) is 109 cm³/mol. The highest BCUT2D eigenvalue weighted by Gasteiger charge is 2.22. The van der Waals surface area contributed by atoms with Gasteiger partial charge in [-0.15, -0.1) is 15.3 Å². The van der Waals surface area contributed by atoms with Gasteiger partial charge in [-0.3, -0.25) is 9.69 Å². The first-order valence-electron chi connectivity index (χ1n) is 10.3. The zero-order valence-electron chi connectivity index (χ0n) is 17.4. The van der Waals surface area contributed by atoms with Gasteiger partial charge in [-0.1, -0.05) is 6.92 Å². The third kappa shape index (κ3) is 4.00. The standard InChI is InChI=1S/C20H28N8O/c1-4-9-25-10-12-26(13-11-25)20(29)8-5-17-15(2)23-28(16(17)3)19-7-6-18-22-21-14-27(18)24-19/h6-7,14H,4-5,8-13H2,1-3H3. The molecule has 154 valence electrons. The molecule has 3 aromatic rings. The Hall–Kier alpha value is -2.81. The van der Waals surface area contributed by atoms with Crippen LogP contribution in [0.3, 0.4) is 0 Å². The van der Waals surface area contributed by atoms with Crippen LogP contribution in [0.4, 0.5) is 0 Å². The number of carbonyl (C=O) groups is 1. The van der Waals surface area contributed by atoms with Crippen molar-refractivity contribution in [3.05, 3.63) is 35.4 Å². The second-order valence-corrected chi connectivity index (χ2v) is 7.61. The van der Waals surface area contributed by atoms with Gasteiger partial charge in [0.25, 0.3) is 0 Å². The lowest BCUT2D eigenvalue weighted by atomic mass is 10.1. The molecule has 1 saturated heterocycles. The van der Waals surface area contributed by atoms with Crippen LogP contribution in [0.5, 0.6) is 0 Å². The van der Waals surface area contributed by atoms with Crippen LogP contribution in [0.25, 0.3) is 11.5 Å². The molecular weight excluding hydrogens is 368 g/mol. The first-order valence-corrected chi connectivity index (χ1v) is 10.3. The van der Waals surface area contributed by atoms with E-state index in [2.05, 4.69) is 32.2 Å². The molecule has 1 amide bonds. The average Bonchev–Trinajstić information content (AvgIpc) is 3.30. The topological polar surface area (TPSA) is 84.5 Å². The molecule has 0 radical (unpaired) electrons. The molecule has 3 aromatic heterocycles. The molecule has 9 nitrogen and oxygen atoms in total. The smallest absolute Gasteiger partial charge is 0.222 e. The van der Waals surface area contributed by atoms with Gasteiger partial charge in [0.05, 0.1) is 5.69 Å². The normalized spacial score (nSPS) is 15.3. The fourth-order valence-corrected chi connectivity index (χ4v) is 4.02. The van der Waals surface area contributed by atoms with E-state index in [9.17, 15) is 4.79 Å². The van der Waals surface area contributed by atoms with Gasteiger partial charge in [0.2, 0.25) is 5.91 Å². The molecule has 4 heterocycles. The lowest BCUT2D eigenvalue weighted by Crippen LogP contribution is -2.48. The highest BCUT2D eigenvalue weighted by molar-refractivity contribution is 5.76. The van der Waals surface area contributed by atoms with Gasteiger partial charge in [0.15, 0.2) is 11.5 Å². The molecule has 29 heavy (non-hydrogen) atoms. The molecule has 4 rings (SSSR count). The van der Waals surface area contributed by atoms with E-state index < -0.39 is 0 Å². The summed E-state index contributed by atoms with van der Waals surface area (Å²) in [5.41, 5.74) is 3.77. The van der Waals surface area contributed by atoms with Crippen LogP contribution in [-0.2, 0) is 11.2 Å². The van der Waals surface area contributed by atoms with Crippen LogP contribution in [0, 0.1) is 13.8 Å². The van der Waals surface area contributed by atoms with Gasteiger partial charge in [0, 0.05) is 38.3 Å². The number of amides is 1. The summed E-state index contributed by atoms with van der Waals surface area (Å²) in [5, 5.41) is 17.0. The zero-order chi connectivity index (χ0) is 20.4. The fraction of sp³-hybridized carbons (Fsp3) is 0.550. The summed E-state index contributed by atoms with van der Waals surface area (Å²) in [6.07, 6.45) is 3.94. The van der Waals surface area contributed by atoms with Gasteiger partial charge in [-0.2, -0.15) is 9.61 Å². The minimum Gasteiger partial charge on any atom is -0.340 e. The number of hydrogen-bond donors (Lipinski definition) is 0. The number of aryl methyl sites for hydroxylation is 1. The van der Waals surface area contributed by atoms with Crippen LogP contribution >= 0.6 is 0 Å². The van der Waals surface area contributed by atoms with E-state index in [0.29, 0.717) is 24.3 Å². The molecule has 1 aliphatic heterocycles. The SMILES string of the molecule is CCCN1CCN(C(=O)CCc2c(C)nn(-c3ccc4nncn4n3)c2C)CC1. The maximum Gasteiger partial charge on any atom is 0.222 e. The van der Waals surface area contributed by atoms with E-state index in [1.54, 1.807) is 10.8 Å². The summed E-state index contributed by atoms with van der Waals surface area (Å²) >= 11 is 0. The molecule has 0 unspecified atom stereocenters. The summed E-state index contributed by atoms with van der Waals surface area (Å²) in [6, 6.07) is 3.75. The second kappa shape index (κ2) is 8.28.